The molecule has 0 spiro atoms. The van der Waals surface area contributed by atoms with Gasteiger partial charge in [-0.3, -0.25) is 4.79 Å². The van der Waals surface area contributed by atoms with Crippen molar-refractivity contribution in [2.75, 3.05) is 37.0 Å². The fourth-order valence-corrected chi connectivity index (χ4v) is 2.77. The number of amides is 1. The third-order valence-corrected chi connectivity index (χ3v) is 4.05. The van der Waals surface area contributed by atoms with Crippen LogP contribution in [0.1, 0.15) is 13.3 Å². The molecule has 0 aliphatic heterocycles. The molecule has 0 aliphatic rings. The first-order chi connectivity index (χ1) is 9.31. The van der Waals surface area contributed by atoms with Crippen LogP contribution >= 0.6 is 0 Å². The average molecular weight is 299 g/mol. The minimum Gasteiger partial charge on any atom is -0.396 e. The van der Waals surface area contributed by atoms with Crippen LogP contribution in [-0.4, -0.2) is 40.7 Å². The average Bonchev–Trinajstić information content (AvgIpc) is 2.37. The number of rotatable bonds is 6. The topological polar surface area (TPSA) is 92.5 Å². The maximum Gasteiger partial charge on any atom is 0.239 e. The van der Waals surface area contributed by atoms with E-state index in [9.17, 15) is 13.2 Å². The molecule has 7 heteroatoms. The van der Waals surface area contributed by atoms with Gasteiger partial charge in [-0.15, -0.1) is 0 Å². The monoisotopic (exact) mass is 299 g/mol. The summed E-state index contributed by atoms with van der Waals surface area (Å²) in [4.78, 5) is 13.4. The number of sulfone groups is 1. The Morgan fingerprint density at radius 3 is 2.55 bits per heavy atom. The third kappa shape index (κ3) is 3.86. The van der Waals surface area contributed by atoms with Gasteiger partial charge in [-0.25, -0.2) is 8.42 Å². The lowest BCUT2D eigenvalue weighted by atomic mass is 10.2. The maximum atomic E-state index is 11.7. The summed E-state index contributed by atoms with van der Waals surface area (Å²) in [6.45, 7) is 2.74. The largest absolute Gasteiger partial charge is 0.396 e. The fraction of sp³-hybridized carbons (Fsp3) is 0.462. The molecule has 0 saturated carbocycles. The van der Waals surface area contributed by atoms with Crippen molar-refractivity contribution in [3.63, 3.8) is 0 Å². The van der Waals surface area contributed by atoms with Crippen LogP contribution in [0.5, 0.6) is 0 Å². The number of carbonyl (C=O) groups is 1. The number of hydrogen-bond acceptors (Lipinski definition) is 5. The van der Waals surface area contributed by atoms with Crippen LogP contribution in [0.3, 0.4) is 0 Å². The van der Waals surface area contributed by atoms with E-state index < -0.39 is 9.84 Å². The van der Waals surface area contributed by atoms with Gasteiger partial charge in [0, 0.05) is 19.8 Å². The number of nitrogens with two attached hydrogens (primary N) is 1. The van der Waals surface area contributed by atoms with Gasteiger partial charge in [0.1, 0.15) is 0 Å². The fourth-order valence-electron chi connectivity index (χ4n) is 1.94. The Kier molecular flexibility index (Phi) is 5.38. The first-order valence-electron chi connectivity index (χ1n) is 6.35. The summed E-state index contributed by atoms with van der Waals surface area (Å²) in [5.74, 6) is -0.150. The summed E-state index contributed by atoms with van der Waals surface area (Å²) >= 11 is 0. The molecular weight excluding hydrogens is 278 g/mol. The van der Waals surface area contributed by atoms with Crippen molar-refractivity contribution in [2.45, 2.75) is 18.2 Å². The Hall–Kier alpha value is -1.76. The molecule has 0 aliphatic carbocycles. The highest BCUT2D eigenvalue weighted by Gasteiger charge is 2.18. The van der Waals surface area contributed by atoms with Crippen molar-refractivity contribution >= 4 is 27.1 Å². The number of carbonyl (C=O) groups excluding carboxylic acids is 1. The summed E-state index contributed by atoms with van der Waals surface area (Å²) in [6, 6.07) is 4.83. The smallest absolute Gasteiger partial charge is 0.239 e. The molecule has 1 rings (SSSR count). The van der Waals surface area contributed by atoms with Gasteiger partial charge < -0.3 is 16.0 Å². The molecule has 0 atom stereocenters. The molecule has 0 fully saturated rings. The maximum absolute atomic E-state index is 11.7. The van der Waals surface area contributed by atoms with Crippen LogP contribution in [0, 0.1) is 0 Å². The minimum atomic E-state index is -3.39. The standard InChI is InChI=1S/C13H21N3O3S/c1-4-8-16(9-12(17)15-2)10-6-5-7-11(13(10)14)20(3,18)19/h5-7H,4,8-9,14H2,1-3H3,(H,15,17). The molecule has 3 N–H and O–H groups in total. The van der Waals surface area contributed by atoms with Gasteiger partial charge in [-0.2, -0.15) is 0 Å². The van der Waals surface area contributed by atoms with Crippen molar-refractivity contribution in [3.8, 4) is 0 Å². The van der Waals surface area contributed by atoms with Gasteiger partial charge in [0.2, 0.25) is 5.91 Å². The van der Waals surface area contributed by atoms with Crippen molar-refractivity contribution in [1.29, 1.82) is 0 Å². The normalized spacial score (nSPS) is 11.2. The van der Waals surface area contributed by atoms with Gasteiger partial charge in [0.15, 0.2) is 9.84 Å². The number of anilines is 2. The van der Waals surface area contributed by atoms with Gasteiger partial charge >= 0.3 is 0 Å². The van der Waals surface area contributed by atoms with Crippen molar-refractivity contribution in [3.05, 3.63) is 18.2 Å². The lowest BCUT2D eigenvalue weighted by molar-refractivity contribution is -0.119. The van der Waals surface area contributed by atoms with Gasteiger partial charge in [-0.1, -0.05) is 13.0 Å². The molecule has 0 radical (unpaired) electrons. The Balaban J connectivity index is 3.24. The second kappa shape index (κ2) is 6.60. The van der Waals surface area contributed by atoms with Crippen LogP contribution in [0.25, 0.3) is 0 Å². The van der Waals surface area contributed by atoms with E-state index in [1.165, 1.54) is 6.07 Å². The zero-order valence-corrected chi connectivity index (χ0v) is 12.8. The van der Waals surface area contributed by atoms with Crippen LogP contribution < -0.4 is 16.0 Å². The number of benzene rings is 1. The predicted molar refractivity (Wildman–Crippen MR) is 80.5 cm³/mol. The van der Waals surface area contributed by atoms with E-state index in [1.54, 1.807) is 24.1 Å². The highest BCUT2D eigenvalue weighted by molar-refractivity contribution is 7.90. The lowest BCUT2D eigenvalue weighted by Crippen LogP contribution is -2.36. The number of likely N-dealkylation sites (N-methyl/N-ethyl adjacent to an activating group) is 1. The van der Waals surface area contributed by atoms with E-state index in [-0.39, 0.29) is 23.0 Å². The molecule has 1 aromatic rings. The summed E-state index contributed by atoms with van der Waals surface area (Å²) in [6.07, 6.45) is 1.94. The van der Waals surface area contributed by atoms with E-state index in [2.05, 4.69) is 5.32 Å². The van der Waals surface area contributed by atoms with Gasteiger partial charge in [-0.05, 0) is 18.6 Å². The number of nitrogens with zero attached hydrogens (tertiary/aromatic N) is 1. The third-order valence-electron chi connectivity index (χ3n) is 2.89. The van der Waals surface area contributed by atoms with E-state index in [1.807, 2.05) is 6.92 Å². The number of nitrogen functional groups attached to an aromatic ring is 1. The summed E-state index contributed by atoms with van der Waals surface area (Å²) < 4.78 is 23.4. The Bertz CT molecular complexity index is 585. The first kappa shape index (κ1) is 16.3. The zero-order valence-electron chi connectivity index (χ0n) is 12.0. The van der Waals surface area contributed by atoms with E-state index in [0.717, 1.165) is 12.7 Å². The SMILES string of the molecule is CCCN(CC(=O)NC)c1cccc(S(C)(=O)=O)c1N. The zero-order chi connectivity index (χ0) is 15.3. The van der Waals surface area contributed by atoms with Gasteiger partial charge in [0.05, 0.1) is 22.8 Å². The van der Waals surface area contributed by atoms with Crippen molar-refractivity contribution in [1.82, 2.24) is 5.32 Å². The number of para-hydroxylation sites is 1. The summed E-state index contributed by atoms with van der Waals surface area (Å²) in [5, 5.41) is 2.55. The second-order valence-corrected chi connectivity index (χ2v) is 6.54. The van der Waals surface area contributed by atoms with Crippen LogP contribution in [0.2, 0.25) is 0 Å². The molecule has 1 aromatic carbocycles. The molecule has 0 heterocycles. The molecule has 112 valence electrons. The number of hydrogen-bond donors (Lipinski definition) is 2. The van der Waals surface area contributed by atoms with E-state index in [4.69, 9.17) is 5.73 Å². The quantitative estimate of drug-likeness (QED) is 0.752. The highest BCUT2D eigenvalue weighted by Crippen LogP contribution is 2.29. The van der Waals surface area contributed by atoms with Crippen molar-refractivity contribution < 1.29 is 13.2 Å². The molecule has 0 aromatic heterocycles. The molecule has 6 nitrogen and oxygen atoms in total. The molecular formula is C13H21N3O3S. The van der Waals surface area contributed by atoms with Gasteiger partial charge in [0.25, 0.3) is 0 Å². The Morgan fingerprint density at radius 1 is 1.40 bits per heavy atom. The Morgan fingerprint density at radius 2 is 2.05 bits per heavy atom. The minimum absolute atomic E-state index is 0.0907. The highest BCUT2D eigenvalue weighted by atomic mass is 32.2. The molecule has 0 unspecified atom stereocenters. The Labute approximate surface area is 119 Å². The molecule has 20 heavy (non-hydrogen) atoms. The molecule has 1 amide bonds. The summed E-state index contributed by atoms with van der Waals surface area (Å²) in [5.41, 5.74) is 6.72. The van der Waals surface area contributed by atoms with Crippen LogP contribution in [0.15, 0.2) is 23.1 Å². The van der Waals surface area contributed by atoms with E-state index in [0.29, 0.717) is 12.2 Å². The molecule has 0 bridgehead atoms. The second-order valence-electron chi connectivity index (χ2n) is 4.56. The van der Waals surface area contributed by atoms with Crippen LogP contribution in [-0.2, 0) is 14.6 Å². The lowest BCUT2D eigenvalue weighted by Gasteiger charge is -2.25. The first-order valence-corrected chi connectivity index (χ1v) is 8.24. The van der Waals surface area contributed by atoms with Crippen molar-refractivity contribution in [2.24, 2.45) is 0 Å². The molecule has 0 saturated heterocycles. The van der Waals surface area contributed by atoms with Crippen LogP contribution in [0.4, 0.5) is 11.4 Å². The number of nitrogens with one attached hydrogen (secondary N) is 1. The van der Waals surface area contributed by atoms with E-state index >= 15 is 0 Å². The summed E-state index contributed by atoms with van der Waals surface area (Å²) in [7, 11) is -1.83. The predicted octanol–water partition coefficient (Wildman–Crippen LogP) is 0.635.